The van der Waals surface area contributed by atoms with Crippen LogP contribution in [0.15, 0.2) is 24.3 Å². The summed E-state index contributed by atoms with van der Waals surface area (Å²) in [7, 11) is 1.64. The van der Waals surface area contributed by atoms with Gasteiger partial charge in [-0.15, -0.1) is 0 Å². The van der Waals surface area contributed by atoms with Gasteiger partial charge in [-0.25, -0.2) is 0 Å². The normalized spacial score (nSPS) is 16.6. The van der Waals surface area contributed by atoms with E-state index in [4.69, 9.17) is 9.47 Å². The van der Waals surface area contributed by atoms with Gasteiger partial charge < -0.3 is 14.8 Å². The lowest BCUT2D eigenvalue weighted by atomic mass is 9.92. The van der Waals surface area contributed by atoms with Gasteiger partial charge in [-0.1, -0.05) is 38.8 Å². The van der Waals surface area contributed by atoms with Crippen LogP contribution in [0.4, 0.5) is 0 Å². The SMILES string of the molecule is CCC(CC)C(CNC(=O)Cc1ccc(OC)cc1)N1CCOCC1. The van der Waals surface area contributed by atoms with Crippen molar-refractivity contribution in [3.8, 4) is 5.75 Å². The lowest BCUT2D eigenvalue weighted by Gasteiger charge is -2.38. The lowest BCUT2D eigenvalue weighted by Crippen LogP contribution is -2.52. The molecule has 1 N–H and O–H groups in total. The lowest BCUT2D eigenvalue weighted by molar-refractivity contribution is -0.121. The average molecular weight is 348 g/mol. The topological polar surface area (TPSA) is 50.8 Å². The highest BCUT2D eigenvalue weighted by Crippen LogP contribution is 2.19. The second kappa shape index (κ2) is 10.4. The van der Waals surface area contributed by atoms with Crippen LogP contribution in [0.1, 0.15) is 32.3 Å². The minimum Gasteiger partial charge on any atom is -0.497 e. The molecule has 1 fully saturated rings. The van der Waals surface area contributed by atoms with Gasteiger partial charge in [-0.3, -0.25) is 9.69 Å². The highest BCUT2D eigenvalue weighted by Gasteiger charge is 2.27. The first-order valence-electron chi connectivity index (χ1n) is 9.39. The van der Waals surface area contributed by atoms with E-state index in [0.29, 0.717) is 24.9 Å². The number of hydrogen-bond acceptors (Lipinski definition) is 4. The van der Waals surface area contributed by atoms with Crippen LogP contribution < -0.4 is 10.1 Å². The molecule has 1 atom stereocenters. The summed E-state index contributed by atoms with van der Waals surface area (Å²) >= 11 is 0. The highest BCUT2D eigenvalue weighted by atomic mass is 16.5. The Morgan fingerprint density at radius 2 is 1.84 bits per heavy atom. The molecule has 2 rings (SSSR count). The van der Waals surface area contributed by atoms with E-state index >= 15 is 0 Å². The zero-order valence-corrected chi connectivity index (χ0v) is 15.8. The summed E-state index contributed by atoms with van der Waals surface area (Å²) < 4.78 is 10.6. The summed E-state index contributed by atoms with van der Waals surface area (Å²) in [6.45, 7) is 8.67. The van der Waals surface area contributed by atoms with Gasteiger partial charge in [0.2, 0.25) is 5.91 Å². The summed E-state index contributed by atoms with van der Waals surface area (Å²) in [5, 5.41) is 3.15. The third kappa shape index (κ3) is 6.01. The standard InChI is InChI=1S/C20H32N2O3/c1-4-17(5-2)19(22-10-12-25-13-11-22)15-21-20(23)14-16-6-8-18(24-3)9-7-16/h6-9,17,19H,4-5,10-15H2,1-3H3,(H,21,23). The van der Waals surface area contributed by atoms with Crippen LogP contribution >= 0.6 is 0 Å². The molecule has 0 radical (unpaired) electrons. The van der Waals surface area contributed by atoms with E-state index in [1.807, 2.05) is 24.3 Å². The maximum absolute atomic E-state index is 12.4. The molecule has 25 heavy (non-hydrogen) atoms. The molecular formula is C20H32N2O3. The van der Waals surface area contributed by atoms with Crippen LogP contribution in [-0.4, -0.2) is 56.8 Å². The van der Waals surface area contributed by atoms with E-state index in [2.05, 4.69) is 24.1 Å². The summed E-state index contributed by atoms with van der Waals surface area (Å²) in [5.41, 5.74) is 1.00. The van der Waals surface area contributed by atoms with Crippen LogP contribution in [-0.2, 0) is 16.0 Å². The number of morpholine rings is 1. The summed E-state index contributed by atoms with van der Waals surface area (Å²) in [4.78, 5) is 14.8. The number of amides is 1. The Morgan fingerprint density at radius 3 is 2.40 bits per heavy atom. The van der Waals surface area contributed by atoms with Crippen LogP contribution in [0.5, 0.6) is 5.75 Å². The van der Waals surface area contributed by atoms with Crippen LogP contribution in [0.25, 0.3) is 0 Å². The number of hydrogen-bond donors (Lipinski definition) is 1. The second-order valence-electron chi connectivity index (χ2n) is 6.62. The van der Waals surface area contributed by atoms with E-state index in [1.165, 1.54) is 0 Å². The fourth-order valence-electron chi connectivity index (χ4n) is 3.55. The van der Waals surface area contributed by atoms with Gasteiger partial charge in [-0.05, 0) is 23.6 Å². The Bertz CT molecular complexity index is 508. The van der Waals surface area contributed by atoms with Crippen molar-refractivity contribution in [1.82, 2.24) is 10.2 Å². The molecule has 0 saturated carbocycles. The maximum atomic E-state index is 12.4. The number of rotatable bonds is 9. The Labute approximate surface area is 151 Å². The van der Waals surface area contributed by atoms with E-state index in [-0.39, 0.29) is 5.91 Å². The molecule has 0 spiro atoms. The van der Waals surface area contributed by atoms with Crippen molar-refractivity contribution in [2.75, 3.05) is 40.0 Å². The van der Waals surface area contributed by atoms with Gasteiger partial charge >= 0.3 is 0 Å². The smallest absolute Gasteiger partial charge is 0.224 e. The van der Waals surface area contributed by atoms with Gasteiger partial charge in [0.15, 0.2) is 0 Å². The monoisotopic (exact) mass is 348 g/mol. The average Bonchev–Trinajstić information content (AvgIpc) is 2.66. The molecule has 1 aromatic rings. The first-order valence-corrected chi connectivity index (χ1v) is 9.39. The molecule has 0 aromatic heterocycles. The quantitative estimate of drug-likeness (QED) is 0.745. The van der Waals surface area contributed by atoms with Crippen molar-refractivity contribution < 1.29 is 14.3 Å². The number of nitrogens with one attached hydrogen (secondary N) is 1. The summed E-state index contributed by atoms with van der Waals surface area (Å²) in [6, 6.07) is 8.06. The van der Waals surface area contributed by atoms with Crippen molar-refractivity contribution in [1.29, 1.82) is 0 Å². The maximum Gasteiger partial charge on any atom is 0.224 e. The van der Waals surface area contributed by atoms with Crippen molar-refractivity contribution in [3.05, 3.63) is 29.8 Å². The summed E-state index contributed by atoms with van der Waals surface area (Å²) in [5.74, 6) is 1.49. The highest BCUT2D eigenvalue weighted by molar-refractivity contribution is 5.78. The molecular weight excluding hydrogens is 316 g/mol. The first-order chi connectivity index (χ1) is 12.2. The van der Waals surface area contributed by atoms with E-state index < -0.39 is 0 Å². The van der Waals surface area contributed by atoms with Crippen molar-refractivity contribution in [2.45, 2.75) is 39.2 Å². The predicted octanol–water partition coefficient (Wildman–Crippen LogP) is 2.49. The zero-order chi connectivity index (χ0) is 18.1. The Balaban J connectivity index is 1.90. The Morgan fingerprint density at radius 1 is 1.20 bits per heavy atom. The van der Waals surface area contributed by atoms with Gasteiger partial charge in [0.25, 0.3) is 0 Å². The molecule has 1 unspecified atom stereocenters. The molecule has 140 valence electrons. The van der Waals surface area contributed by atoms with Crippen LogP contribution in [0, 0.1) is 5.92 Å². The first kappa shape index (κ1) is 19.7. The molecule has 1 saturated heterocycles. The second-order valence-corrected chi connectivity index (χ2v) is 6.62. The molecule has 0 bridgehead atoms. The molecule has 5 nitrogen and oxygen atoms in total. The molecule has 1 aromatic carbocycles. The number of ether oxygens (including phenoxy) is 2. The number of carbonyl (C=O) groups excluding carboxylic acids is 1. The van der Waals surface area contributed by atoms with Crippen LogP contribution in [0.2, 0.25) is 0 Å². The Kier molecular flexibility index (Phi) is 8.22. The minimum atomic E-state index is 0.0781. The molecule has 1 heterocycles. The predicted molar refractivity (Wildman–Crippen MR) is 100.0 cm³/mol. The number of benzene rings is 1. The van der Waals surface area contributed by atoms with Crippen LogP contribution in [0.3, 0.4) is 0 Å². The van der Waals surface area contributed by atoms with Gasteiger partial charge in [-0.2, -0.15) is 0 Å². The van der Waals surface area contributed by atoms with Crippen molar-refractivity contribution >= 4 is 5.91 Å². The van der Waals surface area contributed by atoms with Crippen molar-refractivity contribution in [2.24, 2.45) is 5.92 Å². The molecule has 1 aliphatic rings. The van der Waals surface area contributed by atoms with E-state index in [0.717, 1.165) is 50.5 Å². The third-order valence-corrected chi connectivity index (χ3v) is 5.14. The van der Waals surface area contributed by atoms with Gasteiger partial charge in [0, 0.05) is 25.7 Å². The number of carbonyl (C=O) groups is 1. The van der Waals surface area contributed by atoms with Crippen molar-refractivity contribution in [3.63, 3.8) is 0 Å². The third-order valence-electron chi connectivity index (χ3n) is 5.14. The van der Waals surface area contributed by atoms with E-state index in [9.17, 15) is 4.79 Å². The number of methoxy groups -OCH3 is 1. The zero-order valence-electron chi connectivity index (χ0n) is 15.8. The van der Waals surface area contributed by atoms with Gasteiger partial charge in [0.1, 0.15) is 5.75 Å². The number of nitrogens with zero attached hydrogens (tertiary/aromatic N) is 1. The summed E-state index contributed by atoms with van der Waals surface area (Å²) in [6.07, 6.45) is 2.67. The molecule has 5 heteroatoms. The molecule has 1 aliphatic heterocycles. The molecule has 0 aliphatic carbocycles. The molecule has 1 amide bonds. The fraction of sp³-hybridized carbons (Fsp3) is 0.650. The van der Waals surface area contributed by atoms with Gasteiger partial charge in [0.05, 0.1) is 26.7 Å². The van der Waals surface area contributed by atoms with E-state index in [1.54, 1.807) is 7.11 Å². The Hall–Kier alpha value is -1.59. The fourth-order valence-corrected chi connectivity index (χ4v) is 3.55. The minimum absolute atomic E-state index is 0.0781. The largest absolute Gasteiger partial charge is 0.497 e.